The van der Waals surface area contributed by atoms with Crippen LogP contribution in [0.2, 0.25) is 0 Å². The predicted octanol–water partition coefficient (Wildman–Crippen LogP) is 2.48. The first-order valence-corrected chi connectivity index (χ1v) is 8.33. The monoisotopic (exact) mass is 284 g/mol. The molecule has 0 saturated heterocycles. The van der Waals surface area contributed by atoms with Crippen molar-refractivity contribution in [1.29, 1.82) is 5.26 Å². The molecule has 2 atom stereocenters. The van der Waals surface area contributed by atoms with E-state index in [1.54, 1.807) is 6.07 Å². The van der Waals surface area contributed by atoms with Crippen LogP contribution in [0.25, 0.3) is 0 Å². The fraction of sp³-hybridized carbons (Fsp3) is 0.583. The van der Waals surface area contributed by atoms with Crippen LogP contribution in [0.15, 0.2) is 16.3 Å². The minimum atomic E-state index is -3.46. The van der Waals surface area contributed by atoms with Gasteiger partial charge in [0.25, 0.3) is 0 Å². The second kappa shape index (κ2) is 5.39. The molecule has 18 heavy (non-hydrogen) atoms. The van der Waals surface area contributed by atoms with Crippen molar-refractivity contribution in [3.8, 4) is 6.07 Å². The molecule has 6 heteroatoms. The summed E-state index contributed by atoms with van der Waals surface area (Å²) in [7, 11) is -3.46. The van der Waals surface area contributed by atoms with Crippen molar-refractivity contribution in [1.82, 2.24) is 4.72 Å². The smallest absolute Gasteiger partial charge is 0.207 e. The molecule has 1 fully saturated rings. The molecule has 1 heterocycles. The van der Waals surface area contributed by atoms with Gasteiger partial charge in [0.2, 0.25) is 10.0 Å². The number of rotatable bonds is 3. The lowest BCUT2D eigenvalue weighted by atomic mass is 9.88. The van der Waals surface area contributed by atoms with Crippen molar-refractivity contribution >= 4 is 21.4 Å². The number of nitrogens with zero attached hydrogens (tertiary/aromatic N) is 1. The van der Waals surface area contributed by atoms with Gasteiger partial charge >= 0.3 is 0 Å². The predicted molar refractivity (Wildman–Crippen MR) is 70.8 cm³/mol. The molecule has 0 spiro atoms. The summed E-state index contributed by atoms with van der Waals surface area (Å²) >= 11 is 1.02. The van der Waals surface area contributed by atoms with Gasteiger partial charge in [0.1, 0.15) is 15.2 Å². The van der Waals surface area contributed by atoms with Crippen LogP contribution in [0.4, 0.5) is 0 Å². The van der Waals surface area contributed by atoms with Gasteiger partial charge in [-0.25, -0.2) is 13.1 Å². The summed E-state index contributed by atoms with van der Waals surface area (Å²) in [5.41, 5.74) is 0. The molecule has 1 aromatic rings. The maximum Gasteiger partial charge on any atom is 0.250 e. The first-order chi connectivity index (χ1) is 8.51. The van der Waals surface area contributed by atoms with Crippen LogP contribution in [0.5, 0.6) is 0 Å². The summed E-state index contributed by atoms with van der Waals surface area (Å²) in [6.07, 6.45) is 4.05. The minimum Gasteiger partial charge on any atom is -0.207 e. The van der Waals surface area contributed by atoms with E-state index in [4.69, 9.17) is 5.26 Å². The highest BCUT2D eigenvalue weighted by Crippen LogP contribution is 2.26. The second-order valence-corrected chi connectivity index (χ2v) is 7.85. The van der Waals surface area contributed by atoms with E-state index >= 15 is 0 Å². The zero-order valence-corrected chi connectivity index (χ0v) is 11.9. The Bertz CT molecular complexity index is 557. The van der Waals surface area contributed by atoms with E-state index < -0.39 is 10.0 Å². The Balaban J connectivity index is 2.09. The highest BCUT2D eigenvalue weighted by molar-refractivity contribution is 7.91. The van der Waals surface area contributed by atoms with Crippen LogP contribution >= 0.6 is 11.3 Å². The third-order valence-electron chi connectivity index (χ3n) is 3.21. The first kappa shape index (κ1) is 13.5. The number of hydrogen-bond acceptors (Lipinski definition) is 4. The molecule has 1 aromatic heterocycles. The SMILES string of the molecule is CC1CCCC(NS(=O)(=O)c2ccc(C#N)s2)C1. The highest BCUT2D eigenvalue weighted by Gasteiger charge is 2.25. The average Bonchev–Trinajstić information content (AvgIpc) is 2.77. The van der Waals surface area contributed by atoms with Gasteiger partial charge in [0.15, 0.2) is 0 Å². The lowest BCUT2D eigenvalue weighted by Gasteiger charge is -2.26. The summed E-state index contributed by atoms with van der Waals surface area (Å²) < 4.78 is 27.2. The van der Waals surface area contributed by atoms with Gasteiger partial charge in [-0.05, 0) is 30.9 Å². The number of nitrogens with one attached hydrogen (secondary N) is 1. The van der Waals surface area contributed by atoms with Gasteiger partial charge in [0.05, 0.1) is 0 Å². The Hall–Kier alpha value is -0.900. The fourth-order valence-electron chi connectivity index (χ4n) is 2.34. The van der Waals surface area contributed by atoms with Crippen molar-refractivity contribution in [3.05, 3.63) is 17.0 Å². The summed E-state index contributed by atoms with van der Waals surface area (Å²) in [5.74, 6) is 0.574. The third kappa shape index (κ3) is 3.10. The first-order valence-electron chi connectivity index (χ1n) is 6.03. The van der Waals surface area contributed by atoms with Crippen LogP contribution < -0.4 is 4.72 Å². The van der Waals surface area contributed by atoms with Gasteiger partial charge in [-0.1, -0.05) is 19.8 Å². The molecule has 0 aromatic carbocycles. The Morgan fingerprint density at radius 1 is 1.44 bits per heavy atom. The molecule has 1 saturated carbocycles. The number of hydrogen-bond donors (Lipinski definition) is 1. The van der Waals surface area contributed by atoms with Crippen LogP contribution in [0.3, 0.4) is 0 Å². The van der Waals surface area contributed by atoms with Gasteiger partial charge in [0, 0.05) is 6.04 Å². The van der Waals surface area contributed by atoms with Crippen LogP contribution in [-0.2, 0) is 10.0 Å². The average molecular weight is 284 g/mol. The van der Waals surface area contributed by atoms with E-state index in [0.717, 1.165) is 30.6 Å². The van der Waals surface area contributed by atoms with Gasteiger partial charge in [-0.2, -0.15) is 5.26 Å². The molecule has 0 bridgehead atoms. The Kier molecular flexibility index (Phi) is 4.05. The van der Waals surface area contributed by atoms with E-state index in [1.807, 2.05) is 6.07 Å². The molecule has 0 radical (unpaired) electrons. The zero-order valence-electron chi connectivity index (χ0n) is 10.2. The van der Waals surface area contributed by atoms with Gasteiger partial charge in [-0.15, -0.1) is 11.3 Å². The number of nitriles is 1. The van der Waals surface area contributed by atoms with Crippen molar-refractivity contribution < 1.29 is 8.42 Å². The molecule has 0 aliphatic heterocycles. The zero-order chi connectivity index (χ0) is 13.2. The van der Waals surface area contributed by atoms with Crippen molar-refractivity contribution in [2.45, 2.75) is 42.9 Å². The Morgan fingerprint density at radius 3 is 2.83 bits per heavy atom. The van der Waals surface area contributed by atoms with E-state index in [1.165, 1.54) is 12.5 Å². The van der Waals surface area contributed by atoms with Gasteiger partial charge in [-0.3, -0.25) is 0 Å². The lowest BCUT2D eigenvalue weighted by Crippen LogP contribution is -2.37. The van der Waals surface area contributed by atoms with Gasteiger partial charge < -0.3 is 0 Å². The van der Waals surface area contributed by atoms with Crippen LogP contribution in [0, 0.1) is 17.2 Å². The molecular formula is C12H16N2O2S2. The third-order valence-corrected chi connectivity index (χ3v) is 6.22. The van der Waals surface area contributed by atoms with Crippen LogP contribution in [0.1, 0.15) is 37.5 Å². The Labute approximate surface area is 112 Å². The lowest BCUT2D eigenvalue weighted by molar-refractivity contribution is 0.327. The molecule has 1 N–H and O–H groups in total. The topological polar surface area (TPSA) is 70.0 Å². The highest BCUT2D eigenvalue weighted by atomic mass is 32.2. The maximum atomic E-state index is 12.1. The summed E-state index contributed by atoms with van der Waals surface area (Å²) in [4.78, 5) is 0.424. The quantitative estimate of drug-likeness (QED) is 0.927. The molecule has 1 aliphatic rings. The molecule has 4 nitrogen and oxygen atoms in total. The fourth-order valence-corrected chi connectivity index (χ4v) is 4.75. The largest absolute Gasteiger partial charge is 0.250 e. The summed E-state index contributed by atoms with van der Waals surface area (Å²) in [6, 6.07) is 5.03. The molecular weight excluding hydrogens is 268 g/mol. The molecule has 0 amide bonds. The van der Waals surface area contributed by atoms with Crippen LogP contribution in [-0.4, -0.2) is 14.5 Å². The van der Waals surface area contributed by atoms with E-state index in [0.29, 0.717) is 10.8 Å². The van der Waals surface area contributed by atoms with Crippen molar-refractivity contribution in [2.24, 2.45) is 5.92 Å². The van der Waals surface area contributed by atoms with E-state index in [2.05, 4.69) is 11.6 Å². The standard InChI is InChI=1S/C12H16N2O2S2/c1-9-3-2-4-10(7-9)14-18(15,16)12-6-5-11(8-13)17-12/h5-6,9-10,14H,2-4,7H2,1H3. The maximum absolute atomic E-state index is 12.1. The number of sulfonamides is 1. The number of thiophene rings is 1. The van der Waals surface area contributed by atoms with E-state index in [-0.39, 0.29) is 10.3 Å². The molecule has 2 rings (SSSR count). The normalized spacial score (nSPS) is 24.7. The molecule has 2 unspecified atom stereocenters. The van der Waals surface area contributed by atoms with Crippen molar-refractivity contribution in [3.63, 3.8) is 0 Å². The minimum absolute atomic E-state index is 0.0337. The molecule has 98 valence electrons. The van der Waals surface area contributed by atoms with E-state index in [9.17, 15) is 8.42 Å². The second-order valence-electron chi connectivity index (χ2n) is 4.82. The Morgan fingerprint density at radius 2 is 2.22 bits per heavy atom. The van der Waals surface area contributed by atoms with Crippen molar-refractivity contribution in [2.75, 3.05) is 0 Å². The molecule has 1 aliphatic carbocycles. The summed E-state index contributed by atoms with van der Waals surface area (Å²) in [6.45, 7) is 2.15. The summed E-state index contributed by atoms with van der Waals surface area (Å²) in [5, 5.41) is 8.72.